The van der Waals surface area contributed by atoms with Crippen LogP contribution in [0.25, 0.3) is 0 Å². The summed E-state index contributed by atoms with van der Waals surface area (Å²) in [5, 5.41) is 3.20. The fourth-order valence-corrected chi connectivity index (χ4v) is 3.12. The molecule has 27 heavy (non-hydrogen) atoms. The molecule has 0 aromatic heterocycles. The third-order valence-corrected chi connectivity index (χ3v) is 4.81. The largest absolute Gasteiger partial charge is 0.497 e. The Bertz CT molecular complexity index is 777. The van der Waals surface area contributed by atoms with E-state index in [0.29, 0.717) is 18.0 Å². The minimum atomic E-state index is -0.549. The first-order valence-corrected chi connectivity index (χ1v) is 9.25. The van der Waals surface area contributed by atoms with Crippen molar-refractivity contribution < 1.29 is 14.3 Å². The number of nitrogens with one attached hydrogen (secondary N) is 1. The minimum absolute atomic E-state index is 0.142. The van der Waals surface area contributed by atoms with Crippen molar-refractivity contribution in [3.8, 4) is 5.75 Å². The van der Waals surface area contributed by atoms with Crippen LogP contribution < -0.4 is 10.1 Å². The highest BCUT2D eigenvalue weighted by Crippen LogP contribution is 2.20. The van der Waals surface area contributed by atoms with E-state index in [1.807, 2.05) is 49.4 Å². The van der Waals surface area contributed by atoms with Gasteiger partial charge in [0.15, 0.2) is 0 Å². The van der Waals surface area contributed by atoms with Gasteiger partial charge in [-0.05, 0) is 35.7 Å². The lowest BCUT2D eigenvalue weighted by molar-refractivity contribution is -0.140. The van der Waals surface area contributed by atoms with Crippen molar-refractivity contribution in [2.24, 2.45) is 0 Å². The van der Waals surface area contributed by atoms with Gasteiger partial charge in [0.05, 0.1) is 13.5 Å². The Hall–Kier alpha value is -2.53. The van der Waals surface area contributed by atoms with Crippen molar-refractivity contribution >= 4 is 23.4 Å². The number of carbonyl (C=O) groups excluding carboxylic acids is 2. The van der Waals surface area contributed by atoms with E-state index in [1.165, 1.54) is 0 Å². The number of rotatable bonds is 8. The molecule has 0 aliphatic carbocycles. The first kappa shape index (κ1) is 20.8. The molecule has 2 aromatic carbocycles. The molecule has 2 amide bonds. The van der Waals surface area contributed by atoms with Crippen LogP contribution in [0.15, 0.2) is 48.5 Å². The van der Waals surface area contributed by atoms with Gasteiger partial charge >= 0.3 is 0 Å². The highest BCUT2D eigenvalue weighted by atomic mass is 35.5. The quantitative estimate of drug-likeness (QED) is 0.753. The molecule has 6 heteroatoms. The lowest BCUT2D eigenvalue weighted by atomic mass is 10.1. The van der Waals surface area contributed by atoms with Crippen LogP contribution in [0.1, 0.15) is 24.5 Å². The number of amides is 2. The molecule has 0 fully saturated rings. The van der Waals surface area contributed by atoms with Crippen LogP contribution in [0.2, 0.25) is 5.02 Å². The van der Waals surface area contributed by atoms with E-state index in [4.69, 9.17) is 16.3 Å². The molecule has 0 radical (unpaired) electrons. The first-order chi connectivity index (χ1) is 13.0. The third kappa shape index (κ3) is 5.47. The van der Waals surface area contributed by atoms with E-state index in [-0.39, 0.29) is 18.2 Å². The van der Waals surface area contributed by atoms with Gasteiger partial charge in [-0.3, -0.25) is 9.59 Å². The molecule has 0 bridgehead atoms. The van der Waals surface area contributed by atoms with Crippen LogP contribution in [0, 0.1) is 0 Å². The molecule has 0 aliphatic heterocycles. The Kier molecular flexibility index (Phi) is 7.67. The fraction of sp³-hybridized carbons (Fsp3) is 0.333. The SMILES string of the molecule is CC[C@H](C(=O)NC)N(Cc1ccc(OC)cc1)C(=O)Cc1ccccc1Cl. The van der Waals surface area contributed by atoms with Gasteiger partial charge in [-0.1, -0.05) is 48.9 Å². The lowest BCUT2D eigenvalue weighted by Gasteiger charge is -2.30. The fourth-order valence-electron chi connectivity index (χ4n) is 2.92. The van der Waals surface area contributed by atoms with Gasteiger partial charge in [0.1, 0.15) is 11.8 Å². The maximum Gasteiger partial charge on any atom is 0.242 e. The number of halogens is 1. The van der Waals surface area contributed by atoms with Crippen LogP contribution in [0.3, 0.4) is 0 Å². The van der Waals surface area contributed by atoms with Crippen molar-refractivity contribution in [3.63, 3.8) is 0 Å². The average molecular weight is 389 g/mol. The molecule has 144 valence electrons. The summed E-state index contributed by atoms with van der Waals surface area (Å²) in [6, 6.07) is 14.2. The van der Waals surface area contributed by atoms with Crippen LogP contribution in [-0.4, -0.2) is 36.9 Å². The molecule has 0 unspecified atom stereocenters. The van der Waals surface area contributed by atoms with Gasteiger partial charge in [0.25, 0.3) is 0 Å². The highest BCUT2D eigenvalue weighted by molar-refractivity contribution is 6.31. The maximum atomic E-state index is 13.1. The molecule has 2 aromatic rings. The van der Waals surface area contributed by atoms with E-state index < -0.39 is 6.04 Å². The summed E-state index contributed by atoms with van der Waals surface area (Å²) >= 11 is 6.21. The van der Waals surface area contributed by atoms with Crippen molar-refractivity contribution in [2.45, 2.75) is 32.4 Å². The van der Waals surface area contributed by atoms with E-state index in [9.17, 15) is 9.59 Å². The van der Waals surface area contributed by atoms with Gasteiger partial charge in [-0.2, -0.15) is 0 Å². The molecule has 5 nitrogen and oxygen atoms in total. The van der Waals surface area contributed by atoms with Crippen molar-refractivity contribution in [1.29, 1.82) is 0 Å². The monoisotopic (exact) mass is 388 g/mol. The summed E-state index contributed by atoms with van der Waals surface area (Å²) in [5.74, 6) is 0.416. The molecule has 0 spiro atoms. The van der Waals surface area contributed by atoms with E-state index in [0.717, 1.165) is 16.9 Å². The number of hydrogen-bond acceptors (Lipinski definition) is 3. The van der Waals surface area contributed by atoms with Crippen LogP contribution in [0.5, 0.6) is 5.75 Å². The molecule has 2 rings (SSSR count). The number of nitrogens with zero attached hydrogens (tertiary/aromatic N) is 1. The minimum Gasteiger partial charge on any atom is -0.497 e. The van der Waals surface area contributed by atoms with Crippen molar-refractivity contribution in [2.75, 3.05) is 14.2 Å². The molecule has 0 heterocycles. The summed E-state index contributed by atoms with van der Waals surface area (Å²) in [6.45, 7) is 2.23. The average Bonchev–Trinajstić information content (AvgIpc) is 2.69. The predicted octanol–water partition coefficient (Wildman–Crippen LogP) is 3.44. The summed E-state index contributed by atoms with van der Waals surface area (Å²) < 4.78 is 5.18. The second-order valence-electron chi connectivity index (χ2n) is 6.18. The first-order valence-electron chi connectivity index (χ1n) is 8.87. The van der Waals surface area contributed by atoms with Crippen LogP contribution in [-0.2, 0) is 22.6 Å². The molecular formula is C21H25ClN2O3. The van der Waals surface area contributed by atoms with E-state index in [2.05, 4.69) is 5.32 Å². The summed E-state index contributed by atoms with van der Waals surface area (Å²) in [6.07, 6.45) is 0.660. The summed E-state index contributed by atoms with van der Waals surface area (Å²) in [7, 11) is 3.18. The normalized spacial score (nSPS) is 11.6. The lowest BCUT2D eigenvalue weighted by Crippen LogP contribution is -2.48. The molecule has 1 atom stereocenters. The highest BCUT2D eigenvalue weighted by Gasteiger charge is 2.28. The number of hydrogen-bond donors (Lipinski definition) is 1. The Balaban J connectivity index is 2.28. The van der Waals surface area contributed by atoms with Gasteiger partial charge in [-0.25, -0.2) is 0 Å². The van der Waals surface area contributed by atoms with Gasteiger partial charge in [0, 0.05) is 18.6 Å². The summed E-state index contributed by atoms with van der Waals surface area (Å²) in [5.41, 5.74) is 1.67. The zero-order valence-corrected chi connectivity index (χ0v) is 16.6. The van der Waals surface area contributed by atoms with Crippen molar-refractivity contribution in [3.05, 3.63) is 64.7 Å². The third-order valence-electron chi connectivity index (χ3n) is 4.44. The Labute approximate surface area is 165 Å². The molecule has 0 aliphatic rings. The smallest absolute Gasteiger partial charge is 0.242 e. The Morgan fingerprint density at radius 3 is 2.37 bits per heavy atom. The van der Waals surface area contributed by atoms with Gasteiger partial charge in [0.2, 0.25) is 11.8 Å². The second-order valence-corrected chi connectivity index (χ2v) is 6.58. The maximum absolute atomic E-state index is 13.1. The Morgan fingerprint density at radius 2 is 1.81 bits per heavy atom. The predicted molar refractivity (Wildman–Crippen MR) is 107 cm³/mol. The van der Waals surface area contributed by atoms with E-state index >= 15 is 0 Å². The molecular weight excluding hydrogens is 364 g/mol. The standard InChI is InChI=1S/C21H25ClN2O3/c1-4-19(21(26)23-2)24(14-15-9-11-17(27-3)12-10-15)20(25)13-16-7-5-6-8-18(16)22/h5-12,19H,4,13-14H2,1-3H3,(H,23,26)/t19-/m1/s1. The van der Waals surface area contributed by atoms with E-state index in [1.54, 1.807) is 25.1 Å². The van der Waals surface area contributed by atoms with Gasteiger partial charge < -0.3 is 15.0 Å². The Morgan fingerprint density at radius 1 is 1.15 bits per heavy atom. The molecule has 0 saturated carbocycles. The number of benzene rings is 2. The topological polar surface area (TPSA) is 58.6 Å². The van der Waals surface area contributed by atoms with Crippen LogP contribution >= 0.6 is 11.6 Å². The number of likely N-dealkylation sites (N-methyl/N-ethyl adjacent to an activating group) is 1. The number of methoxy groups -OCH3 is 1. The van der Waals surface area contributed by atoms with Crippen molar-refractivity contribution in [1.82, 2.24) is 10.2 Å². The zero-order chi connectivity index (χ0) is 19.8. The summed E-state index contributed by atoms with van der Waals surface area (Å²) in [4.78, 5) is 27.0. The van der Waals surface area contributed by atoms with Crippen LogP contribution in [0.4, 0.5) is 0 Å². The second kappa shape index (κ2) is 9.97. The molecule has 0 saturated heterocycles. The number of ether oxygens (including phenoxy) is 1. The number of carbonyl (C=O) groups is 2. The molecule has 1 N–H and O–H groups in total. The zero-order valence-electron chi connectivity index (χ0n) is 15.9. The van der Waals surface area contributed by atoms with Gasteiger partial charge in [-0.15, -0.1) is 0 Å².